The van der Waals surface area contributed by atoms with E-state index in [9.17, 15) is 4.79 Å². The highest BCUT2D eigenvalue weighted by Gasteiger charge is 2.21. The standard InChI is InChI=1S/C23H31N3O3/c1-18-7-5-6-8-20(18)26-13-11-25(12-14-26)17-23(27)24(2)16-19-9-10-21(28-3)22(15-19)29-4/h5-10,15H,11-14,16-17H2,1-4H3. The van der Waals surface area contributed by atoms with Crippen LogP contribution in [0.3, 0.4) is 0 Å². The molecule has 0 saturated carbocycles. The Morgan fingerprint density at radius 2 is 1.69 bits per heavy atom. The molecule has 1 fully saturated rings. The first-order valence-corrected chi connectivity index (χ1v) is 9.99. The summed E-state index contributed by atoms with van der Waals surface area (Å²) in [4.78, 5) is 19.1. The third kappa shape index (κ3) is 5.21. The molecule has 6 nitrogen and oxygen atoms in total. The molecule has 0 atom stereocenters. The van der Waals surface area contributed by atoms with Crippen molar-refractivity contribution in [2.75, 3.05) is 58.9 Å². The number of anilines is 1. The predicted octanol–water partition coefficient (Wildman–Crippen LogP) is 2.79. The summed E-state index contributed by atoms with van der Waals surface area (Å²) in [6.07, 6.45) is 0. The van der Waals surface area contributed by atoms with Crippen LogP contribution in [0.25, 0.3) is 0 Å². The van der Waals surface area contributed by atoms with Crippen molar-refractivity contribution in [1.82, 2.24) is 9.80 Å². The Morgan fingerprint density at radius 3 is 2.34 bits per heavy atom. The maximum Gasteiger partial charge on any atom is 0.236 e. The van der Waals surface area contributed by atoms with Gasteiger partial charge in [-0.2, -0.15) is 0 Å². The second-order valence-electron chi connectivity index (χ2n) is 7.49. The normalized spacial score (nSPS) is 14.6. The Bertz CT molecular complexity index is 832. The van der Waals surface area contributed by atoms with E-state index < -0.39 is 0 Å². The van der Waals surface area contributed by atoms with Gasteiger partial charge in [-0.3, -0.25) is 9.69 Å². The lowest BCUT2D eigenvalue weighted by Gasteiger charge is -2.37. The summed E-state index contributed by atoms with van der Waals surface area (Å²) < 4.78 is 10.6. The van der Waals surface area contributed by atoms with Gasteiger partial charge in [0.2, 0.25) is 5.91 Å². The van der Waals surface area contributed by atoms with Gasteiger partial charge < -0.3 is 19.3 Å². The lowest BCUT2D eigenvalue weighted by molar-refractivity contribution is -0.131. The highest BCUT2D eigenvalue weighted by atomic mass is 16.5. The third-order valence-electron chi connectivity index (χ3n) is 5.48. The zero-order chi connectivity index (χ0) is 20.8. The number of hydrogen-bond acceptors (Lipinski definition) is 5. The number of aryl methyl sites for hydroxylation is 1. The minimum atomic E-state index is 0.129. The van der Waals surface area contributed by atoms with E-state index in [2.05, 4.69) is 41.0 Å². The van der Waals surface area contributed by atoms with Crippen LogP contribution < -0.4 is 14.4 Å². The van der Waals surface area contributed by atoms with Gasteiger partial charge in [-0.25, -0.2) is 0 Å². The molecule has 0 unspecified atom stereocenters. The zero-order valence-electron chi connectivity index (χ0n) is 17.9. The average molecular weight is 398 g/mol. The van der Waals surface area contributed by atoms with E-state index in [1.54, 1.807) is 19.1 Å². The van der Waals surface area contributed by atoms with Crippen LogP contribution >= 0.6 is 0 Å². The van der Waals surface area contributed by atoms with Crippen LogP contribution in [-0.4, -0.2) is 69.7 Å². The van der Waals surface area contributed by atoms with Gasteiger partial charge in [0.15, 0.2) is 11.5 Å². The van der Waals surface area contributed by atoms with Crippen LogP contribution in [0.1, 0.15) is 11.1 Å². The molecule has 0 spiro atoms. The van der Waals surface area contributed by atoms with Crippen molar-refractivity contribution in [2.45, 2.75) is 13.5 Å². The first-order chi connectivity index (χ1) is 14.0. The van der Waals surface area contributed by atoms with Gasteiger partial charge in [0.25, 0.3) is 0 Å². The van der Waals surface area contributed by atoms with E-state index in [1.165, 1.54) is 11.3 Å². The summed E-state index contributed by atoms with van der Waals surface area (Å²) in [6, 6.07) is 14.2. The zero-order valence-corrected chi connectivity index (χ0v) is 17.9. The molecular formula is C23H31N3O3. The third-order valence-corrected chi connectivity index (χ3v) is 5.48. The molecule has 2 aromatic rings. The molecule has 6 heteroatoms. The van der Waals surface area contributed by atoms with Crippen LogP contribution in [0.15, 0.2) is 42.5 Å². The first-order valence-electron chi connectivity index (χ1n) is 9.99. The Labute approximate surface area is 173 Å². The molecule has 1 saturated heterocycles. The molecule has 1 aliphatic rings. The molecule has 0 aliphatic carbocycles. The van der Waals surface area contributed by atoms with Crippen LogP contribution in [0.2, 0.25) is 0 Å². The summed E-state index contributed by atoms with van der Waals surface area (Å²) in [5.74, 6) is 1.50. The molecule has 0 N–H and O–H groups in total. The van der Waals surface area contributed by atoms with Crippen molar-refractivity contribution in [3.8, 4) is 11.5 Å². The SMILES string of the molecule is COc1ccc(CN(C)C(=O)CN2CCN(c3ccccc3C)CC2)cc1OC. The van der Waals surface area contributed by atoms with E-state index in [1.807, 2.05) is 25.2 Å². The molecule has 2 aromatic carbocycles. The molecule has 1 aliphatic heterocycles. The number of carbonyl (C=O) groups excluding carboxylic acids is 1. The lowest BCUT2D eigenvalue weighted by atomic mass is 10.1. The second kappa shape index (κ2) is 9.65. The van der Waals surface area contributed by atoms with Crippen molar-refractivity contribution in [1.29, 1.82) is 0 Å². The molecule has 1 amide bonds. The number of rotatable bonds is 7. The quantitative estimate of drug-likeness (QED) is 0.719. The Kier molecular flexibility index (Phi) is 6.99. The molecule has 0 bridgehead atoms. The number of benzene rings is 2. The second-order valence-corrected chi connectivity index (χ2v) is 7.49. The van der Waals surface area contributed by atoms with E-state index in [0.29, 0.717) is 24.6 Å². The van der Waals surface area contributed by atoms with Crippen molar-refractivity contribution >= 4 is 11.6 Å². The maximum absolute atomic E-state index is 12.7. The Morgan fingerprint density at radius 1 is 1.00 bits per heavy atom. The van der Waals surface area contributed by atoms with E-state index in [0.717, 1.165) is 31.7 Å². The topological polar surface area (TPSA) is 45.2 Å². The molecule has 29 heavy (non-hydrogen) atoms. The molecular weight excluding hydrogens is 366 g/mol. The smallest absolute Gasteiger partial charge is 0.236 e. The summed E-state index contributed by atoms with van der Waals surface area (Å²) in [5, 5.41) is 0. The molecule has 156 valence electrons. The number of nitrogens with zero attached hydrogens (tertiary/aromatic N) is 3. The summed E-state index contributed by atoms with van der Waals surface area (Å²) in [6.45, 7) is 6.81. The fourth-order valence-corrected chi connectivity index (χ4v) is 3.72. The van der Waals surface area contributed by atoms with Gasteiger partial charge in [-0.05, 0) is 36.2 Å². The summed E-state index contributed by atoms with van der Waals surface area (Å²) in [5.41, 5.74) is 3.61. The number of piperazine rings is 1. The van der Waals surface area contributed by atoms with Crippen molar-refractivity contribution in [3.05, 3.63) is 53.6 Å². The van der Waals surface area contributed by atoms with Gasteiger partial charge >= 0.3 is 0 Å². The number of likely N-dealkylation sites (N-methyl/N-ethyl adjacent to an activating group) is 1. The fourth-order valence-electron chi connectivity index (χ4n) is 3.72. The number of amides is 1. The van der Waals surface area contributed by atoms with Gasteiger partial charge in [0.05, 0.1) is 20.8 Å². The number of hydrogen-bond donors (Lipinski definition) is 0. The largest absolute Gasteiger partial charge is 0.493 e. The fraction of sp³-hybridized carbons (Fsp3) is 0.435. The highest BCUT2D eigenvalue weighted by molar-refractivity contribution is 5.78. The lowest BCUT2D eigenvalue weighted by Crippen LogP contribution is -2.49. The van der Waals surface area contributed by atoms with Crippen molar-refractivity contribution < 1.29 is 14.3 Å². The van der Waals surface area contributed by atoms with Crippen molar-refractivity contribution in [3.63, 3.8) is 0 Å². The summed E-state index contributed by atoms with van der Waals surface area (Å²) in [7, 11) is 5.09. The van der Waals surface area contributed by atoms with E-state index >= 15 is 0 Å². The molecule has 1 heterocycles. The van der Waals surface area contributed by atoms with Crippen LogP contribution in [0, 0.1) is 6.92 Å². The Balaban J connectivity index is 1.51. The minimum absolute atomic E-state index is 0.129. The maximum atomic E-state index is 12.7. The van der Waals surface area contributed by atoms with Gasteiger partial charge in [-0.1, -0.05) is 24.3 Å². The molecule has 3 rings (SSSR count). The van der Waals surface area contributed by atoms with E-state index in [4.69, 9.17) is 9.47 Å². The average Bonchev–Trinajstić information content (AvgIpc) is 2.74. The van der Waals surface area contributed by atoms with Crippen molar-refractivity contribution in [2.24, 2.45) is 0 Å². The number of para-hydroxylation sites is 1. The first kappa shape index (κ1) is 21.0. The molecule has 0 radical (unpaired) electrons. The van der Waals surface area contributed by atoms with Crippen LogP contribution in [-0.2, 0) is 11.3 Å². The Hall–Kier alpha value is -2.73. The van der Waals surface area contributed by atoms with Gasteiger partial charge in [0.1, 0.15) is 0 Å². The molecule has 0 aromatic heterocycles. The minimum Gasteiger partial charge on any atom is -0.493 e. The summed E-state index contributed by atoms with van der Waals surface area (Å²) >= 11 is 0. The number of ether oxygens (including phenoxy) is 2. The predicted molar refractivity (Wildman–Crippen MR) is 116 cm³/mol. The highest BCUT2D eigenvalue weighted by Crippen LogP contribution is 2.28. The van der Waals surface area contributed by atoms with E-state index in [-0.39, 0.29) is 5.91 Å². The van der Waals surface area contributed by atoms with Crippen LogP contribution in [0.4, 0.5) is 5.69 Å². The van der Waals surface area contributed by atoms with Crippen LogP contribution in [0.5, 0.6) is 11.5 Å². The monoisotopic (exact) mass is 397 g/mol. The number of carbonyl (C=O) groups is 1. The van der Waals surface area contributed by atoms with Gasteiger partial charge in [0, 0.05) is 45.5 Å². The van der Waals surface area contributed by atoms with Gasteiger partial charge in [-0.15, -0.1) is 0 Å². The number of methoxy groups -OCH3 is 2.